The summed E-state index contributed by atoms with van der Waals surface area (Å²) in [5, 5.41) is 0.988. The van der Waals surface area contributed by atoms with Gasteiger partial charge in [-0.15, -0.1) is 11.8 Å². The van der Waals surface area contributed by atoms with Gasteiger partial charge in [0.2, 0.25) is 0 Å². The molecule has 0 bridgehead atoms. The molecule has 0 fully saturated rings. The Morgan fingerprint density at radius 3 is 2.56 bits per heavy atom. The summed E-state index contributed by atoms with van der Waals surface area (Å²) < 4.78 is 13.6. The van der Waals surface area contributed by atoms with Crippen molar-refractivity contribution in [2.75, 3.05) is 5.73 Å². The highest BCUT2D eigenvalue weighted by atomic mass is 35.5. The largest absolute Gasteiger partial charge is 0.399 e. The van der Waals surface area contributed by atoms with Gasteiger partial charge in [-0.1, -0.05) is 29.3 Å². The van der Waals surface area contributed by atoms with Crippen LogP contribution in [0.5, 0.6) is 0 Å². The van der Waals surface area contributed by atoms with Crippen molar-refractivity contribution in [3.63, 3.8) is 0 Å². The number of thioether (sulfide) groups is 1. The zero-order chi connectivity index (χ0) is 13.1. The first-order chi connectivity index (χ1) is 8.58. The molecule has 0 saturated heterocycles. The van der Waals surface area contributed by atoms with Gasteiger partial charge in [-0.05, 0) is 30.3 Å². The summed E-state index contributed by atoms with van der Waals surface area (Å²) in [5.41, 5.74) is 6.70. The number of nitrogens with two attached hydrogens (primary N) is 1. The molecule has 0 radical (unpaired) electrons. The standard InChI is InChI=1S/C13H10Cl2FNS/c14-10-2-1-3-12(16)9(10)7-18-13-5-4-8(17)6-11(13)15/h1-6H,7,17H2. The fourth-order valence-corrected chi connectivity index (χ4v) is 3.07. The minimum atomic E-state index is -0.304. The van der Waals surface area contributed by atoms with Crippen molar-refractivity contribution in [1.29, 1.82) is 0 Å². The number of hydrogen-bond acceptors (Lipinski definition) is 2. The maximum Gasteiger partial charge on any atom is 0.128 e. The number of hydrogen-bond donors (Lipinski definition) is 1. The van der Waals surface area contributed by atoms with Crippen LogP contribution in [-0.4, -0.2) is 0 Å². The lowest BCUT2D eigenvalue weighted by molar-refractivity contribution is 0.617. The van der Waals surface area contributed by atoms with Crippen molar-refractivity contribution in [2.24, 2.45) is 0 Å². The van der Waals surface area contributed by atoms with Gasteiger partial charge in [0.05, 0.1) is 5.02 Å². The van der Waals surface area contributed by atoms with Crippen molar-refractivity contribution in [2.45, 2.75) is 10.6 Å². The highest BCUT2D eigenvalue weighted by Gasteiger charge is 2.09. The van der Waals surface area contributed by atoms with E-state index in [4.69, 9.17) is 28.9 Å². The molecular formula is C13H10Cl2FNS. The van der Waals surface area contributed by atoms with E-state index in [1.807, 2.05) is 6.07 Å². The van der Waals surface area contributed by atoms with Crippen LogP contribution in [0.2, 0.25) is 10.0 Å². The molecule has 2 aromatic carbocycles. The summed E-state index contributed by atoms with van der Waals surface area (Å²) in [7, 11) is 0. The second-order valence-corrected chi connectivity index (χ2v) is 5.51. The number of halogens is 3. The van der Waals surface area contributed by atoms with Crippen molar-refractivity contribution in [3.8, 4) is 0 Å². The van der Waals surface area contributed by atoms with Crippen LogP contribution in [0.1, 0.15) is 5.56 Å². The summed E-state index contributed by atoms with van der Waals surface area (Å²) in [6.45, 7) is 0. The lowest BCUT2D eigenvalue weighted by Crippen LogP contribution is -1.90. The van der Waals surface area contributed by atoms with Crippen LogP contribution < -0.4 is 5.73 Å². The summed E-state index contributed by atoms with van der Waals surface area (Å²) in [5.74, 6) is 0.122. The Bertz CT molecular complexity index is 555. The quantitative estimate of drug-likeness (QED) is 0.637. The summed E-state index contributed by atoms with van der Waals surface area (Å²) in [6, 6.07) is 9.90. The molecule has 5 heteroatoms. The second-order valence-electron chi connectivity index (χ2n) is 3.68. The van der Waals surface area contributed by atoms with E-state index < -0.39 is 0 Å². The minimum Gasteiger partial charge on any atom is -0.399 e. The van der Waals surface area contributed by atoms with Crippen molar-refractivity contribution >= 4 is 40.7 Å². The molecule has 0 aromatic heterocycles. The van der Waals surface area contributed by atoms with Crippen LogP contribution in [0, 0.1) is 5.82 Å². The summed E-state index contributed by atoms with van der Waals surface area (Å²) in [4.78, 5) is 0.852. The van der Waals surface area contributed by atoms with Gasteiger partial charge in [-0.3, -0.25) is 0 Å². The van der Waals surface area contributed by atoms with Crippen LogP contribution in [0.4, 0.5) is 10.1 Å². The average molecular weight is 302 g/mol. The molecule has 1 nitrogen and oxygen atoms in total. The lowest BCUT2D eigenvalue weighted by Gasteiger charge is -2.07. The molecule has 0 amide bonds. The Labute approximate surface area is 119 Å². The fourth-order valence-electron chi connectivity index (χ4n) is 1.45. The molecule has 0 aliphatic rings. The first kappa shape index (κ1) is 13.5. The van der Waals surface area contributed by atoms with Crippen LogP contribution in [-0.2, 0) is 5.75 Å². The van der Waals surface area contributed by atoms with E-state index in [2.05, 4.69) is 0 Å². The van der Waals surface area contributed by atoms with E-state index in [9.17, 15) is 4.39 Å². The lowest BCUT2D eigenvalue weighted by atomic mass is 10.2. The van der Waals surface area contributed by atoms with Gasteiger partial charge in [-0.25, -0.2) is 4.39 Å². The first-order valence-corrected chi connectivity index (χ1v) is 6.93. The first-order valence-electron chi connectivity index (χ1n) is 5.18. The molecule has 18 heavy (non-hydrogen) atoms. The smallest absolute Gasteiger partial charge is 0.128 e. The van der Waals surface area contributed by atoms with Crippen molar-refractivity contribution in [3.05, 3.63) is 57.8 Å². The van der Waals surface area contributed by atoms with Gasteiger partial charge in [0, 0.05) is 26.9 Å². The number of rotatable bonds is 3. The zero-order valence-corrected chi connectivity index (χ0v) is 11.6. The van der Waals surface area contributed by atoms with Gasteiger partial charge >= 0.3 is 0 Å². The van der Waals surface area contributed by atoms with Crippen molar-refractivity contribution < 1.29 is 4.39 Å². The summed E-state index contributed by atoms with van der Waals surface area (Å²) >= 11 is 13.4. The minimum absolute atomic E-state index is 0.304. The molecule has 0 unspecified atom stereocenters. The topological polar surface area (TPSA) is 26.0 Å². The van der Waals surface area contributed by atoms with Gasteiger partial charge < -0.3 is 5.73 Å². The van der Waals surface area contributed by atoms with Gasteiger partial charge in [-0.2, -0.15) is 0 Å². The molecule has 2 aromatic rings. The molecule has 0 heterocycles. The van der Waals surface area contributed by atoms with Gasteiger partial charge in [0.25, 0.3) is 0 Å². The second kappa shape index (κ2) is 5.83. The van der Waals surface area contributed by atoms with Crippen LogP contribution in [0.3, 0.4) is 0 Å². The molecule has 0 saturated carbocycles. The fraction of sp³-hybridized carbons (Fsp3) is 0.0769. The Kier molecular flexibility index (Phi) is 4.38. The van der Waals surface area contributed by atoms with E-state index in [0.29, 0.717) is 27.0 Å². The van der Waals surface area contributed by atoms with E-state index >= 15 is 0 Å². The Hall–Kier alpha value is -0.900. The molecule has 0 spiro atoms. The molecule has 0 atom stereocenters. The van der Waals surface area contributed by atoms with Crippen LogP contribution >= 0.6 is 35.0 Å². The average Bonchev–Trinajstić information content (AvgIpc) is 2.31. The monoisotopic (exact) mass is 301 g/mol. The molecule has 94 valence electrons. The van der Waals surface area contributed by atoms with Crippen LogP contribution in [0.15, 0.2) is 41.3 Å². The Balaban J connectivity index is 2.16. The third kappa shape index (κ3) is 3.10. The van der Waals surface area contributed by atoms with Gasteiger partial charge in [0.15, 0.2) is 0 Å². The maximum absolute atomic E-state index is 13.6. The predicted molar refractivity (Wildman–Crippen MR) is 76.8 cm³/mol. The Morgan fingerprint density at radius 1 is 1.11 bits per heavy atom. The molecule has 2 N–H and O–H groups in total. The normalized spacial score (nSPS) is 10.6. The number of benzene rings is 2. The summed E-state index contributed by atoms with van der Waals surface area (Å²) in [6.07, 6.45) is 0. The zero-order valence-electron chi connectivity index (χ0n) is 9.29. The van der Waals surface area contributed by atoms with Gasteiger partial charge in [0.1, 0.15) is 5.82 Å². The van der Waals surface area contributed by atoms with Crippen LogP contribution in [0.25, 0.3) is 0 Å². The predicted octanol–water partition coefficient (Wildman–Crippen LogP) is 5.01. The van der Waals surface area contributed by atoms with E-state index in [0.717, 1.165) is 4.90 Å². The third-order valence-corrected chi connectivity index (χ3v) is 4.27. The third-order valence-electron chi connectivity index (χ3n) is 2.39. The number of nitrogen functional groups attached to an aromatic ring is 1. The SMILES string of the molecule is Nc1ccc(SCc2c(F)cccc2Cl)c(Cl)c1. The Morgan fingerprint density at radius 2 is 1.89 bits per heavy atom. The highest BCUT2D eigenvalue weighted by molar-refractivity contribution is 7.98. The van der Waals surface area contributed by atoms with E-state index in [1.165, 1.54) is 17.8 Å². The van der Waals surface area contributed by atoms with Crippen molar-refractivity contribution in [1.82, 2.24) is 0 Å². The number of anilines is 1. The molecule has 0 aliphatic carbocycles. The molecule has 2 rings (SSSR count). The molecular weight excluding hydrogens is 292 g/mol. The van der Waals surface area contributed by atoms with E-state index in [-0.39, 0.29) is 5.82 Å². The molecule has 0 aliphatic heterocycles. The van der Waals surface area contributed by atoms with E-state index in [1.54, 1.807) is 24.3 Å². The maximum atomic E-state index is 13.6. The highest BCUT2D eigenvalue weighted by Crippen LogP contribution is 2.33.